The second-order valence-corrected chi connectivity index (χ2v) is 4.33. The van der Waals surface area contributed by atoms with Crippen LogP contribution in [0, 0.1) is 37.9 Å². The Morgan fingerprint density at radius 2 is 1.94 bits per heavy atom. The summed E-state index contributed by atoms with van der Waals surface area (Å²) in [5, 5.41) is 9.07. The van der Waals surface area contributed by atoms with Gasteiger partial charge in [-0.3, -0.25) is 4.57 Å². The fraction of sp³-hybridized carbons (Fsp3) is 0.214. The molecule has 0 aliphatic carbocycles. The molecule has 0 saturated heterocycles. The maximum Gasteiger partial charge on any atom is 0.150 e. The van der Waals surface area contributed by atoms with Gasteiger partial charge in [-0.1, -0.05) is 12.1 Å². The van der Waals surface area contributed by atoms with Gasteiger partial charge in [0.1, 0.15) is 17.7 Å². The highest BCUT2D eigenvalue weighted by Gasteiger charge is 2.18. The highest BCUT2D eigenvalue weighted by molar-refractivity contribution is 5.62. The van der Waals surface area contributed by atoms with Crippen LogP contribution in [0.3, 0.4) is 0 Å². The summed E-state index contributed by atoms with van der Waals surface area (Å²) in [7, 11) is 0. The molecule has 3 nitrogen and oxygen atoms in total. The molecule has 1 heterocycles. The Labute approximate surface area is 105 Å². The van der Waals surface area contributed by atoms with Crippen molar-refractivity contribution in [3.8, 4) is 11.8 Å². The second kappa shape index (κ2) is 4.19. The first kappa shape index (κ1) is 12.2. The van der Waals surface area contributed by atoms with E-state index in [2.05, 4.69) is 6.07 Å². The minimum absolute atomic E-state index is 0.289. The van der Waals surface area contributed by atoms with Crippen molar-refractivity contribution in [2.75, 3.05) is 5.73 Å². The van der Waals surface area contributed by atoms with Crippen LogP contribution in [0.4, 0.5) is 10.2 Å². The molecule has 1 aromatic carbocycles. The van der Waals surface area contributed by atoms with Gasteiger partial charge >= 0.3 is 0 Å². The first-order valence-electron chi connectivity index (χ1n) is 5.62. The molecule has 0 bridgehead atoms. The Kier molecular flexibility index (Phi) is 2.84. The maximum absolute atomic E-state index is 14.1. The number of nitriles is 1. The van der Waals surface area contributed by atoms with Gasteiger partial charge in [0.05, 0.1) is 11.3 Å². The molecule has 0 unspecified atom stereocenters. The summed E-state index contributed by atoms with van der Waals surface area (Å²) in [4.78, 5) is 0. The standard InChI is InChI=1S/C14H14FN3/c1-8-5-4-6-12(13(8)15)18-10(3)9(2)11(7-16)14(18)17/h4-6H,17H2,1-3H3. The van der Waals surface area contributed by atoms with Crippen LogP contribution in [0.5, 0.6) is 0 Å². The number of nitrogen functional groups attached to an aromatic ring is 1. The second-order valence-electron chi connectivity index (χ2n) is 4.33. The molecule has 0 aliphatic heterocycles. The zero-order chi connectivity index (χ0) is 13.4. The highest BCUT2D eigenvalue weighted by Crippen LogP contribution is 2.29. The zero-order valence-electron chi connectivity index (χ0n) is 10.6. The molecule has 0 aliphatic rings. The maximum atomic E-state index is 14.1. The van der Waals surface area contributed by atoms with E-state index in [1.807, 2.05) is 13.8 Å². The van der Waals surface area contributed by atoms with Gasteiger partial charge in [-0.2, -0.15) is 5.26 Å². The van der Waals surface area contributed by atoms with Gasteiger partial charge in [-0.15, -0.1) is 0 Å². The number of halogens is 1. The van der Waals surface area contributed by atoms with Crippen molar-refractivity contribution in [1.82, 2.24) is 4.57 Å². The van der Waals surface area contributed by atoms with Gasteiger partial charge < -0.3 is 5.73 Å². The summed E-state index contributed by atoms with van der Waals surface area (Å²) >= 11 is 0. The molecule has 2 aromatic rings. The average Bonchev–Trinajstić information content (AvgIpc) is 2.55. The van der Waals surface area contributed by atoms with E-state index in [0.29, 0.717) is 16.8 Å². The Bertz CT molecular complexity index is 663. The van der Waals surface area contributed by atoms with E-state index in [0.717, 1.165) is 11.3 Å². The lowest BCUT2D eigenvalue weighted by Crippen LogP contribution is -2.05. The number of aromatic nitrogens is 1. The molecule has 0 fully saturated rings. The summed E-state index contributed by atoms with van der Waals surface area (Å²) in [6, 6.07) is 7.19. The van der Waals surface area contributed by atoms with Gasteiger partial charge in [0.25, 0.3) is 0 Å². The van der Waals surface area contributed by atoms with Crippen LogP contribution in [-0.2, 0) is 0 Å². The summed E-state index contributed by atoms with van der Waals surface area (Å²) in [5.74, 6) is -0.0243. The third-order valence-corrected chi connectivity index (χ3v) is 3.27. The van der Waals surface area contributed by atoms with E-state index < -0.39 is 0 Å². The van der Waals surface area contributed by atoms with E-state index in [1.165, 1.54) is 0 Å². The largest absolute Gasteiger partial charge is 0.384 e. The number of nitrogens with two attached hydrogens (primary N) is 1. The summed E-state index contributed by atoms with van der Waals surface area (Å²) < 4.78 is 15.7. The Balaban J connectivity index is 2.81. The Morgan fingerprint density at radius 1 is 1.28 bits per heavy atom. The van der Waals surface area contributed by atoms with Crippen molar-refractivity contribution in [3.05, 3.63) is 46.4 Å². The van der Waals surface area contributed by atoms with Gasteiger partial charge in [-0.05, 0) is 38.0 Å². The number of rotatable bonds is 1. The fourth-order valence-corrected chi connectivity index (χ4v) is 2.09. The van der Waals surface area contributed by atoms with E-state index in [1.54, 1.807) is 29.7 Å². The van der Waals surface area contributed by atoms with Crippen LogP contribution >= 0.6 is 0 Å². The molecule has 1 aromatic heterocycles. The van der Waals surface area contributed by atoms with E-state index in [4.69, 9.17) is 11.0 Å². The highest BCUT2D eigenvalue weighted by atomic mass is 19.1. The van der Waals surface area contributed by atoms with Crippen molar-refractivity contribution in [2.45, 2.75) is 20.8 Å². The number of aryl methyl sites for hydroxylation is 1. The number of benzene rings is 1. The Morgan fingerprint density at radius 3 is 2.50 bits per heavy atom. The van der Waals surface area contributed by atoms with Gasteiger partial charge in [0.15, 0.2) is 0 Å². The third kappa shape index (κ3) is 1.56. The predicted octanol–water partition coefficient (Wildman–Crippen LogP) is 3.00. The Hall–Kier alpha value is -2.28. The van der Waals surface area contributed by atoms with Crippen molar-refractivity contribution in [3.63, 3.8) is 0 Å². The lowest BCUT2D eigenvalue weighted by atomic mass is 10.2. The minimum Gasteiger partial charge on any atom is -0.384 e. The monoisotopic (exact) mass is 243 g/mol. The molecule has 0 radical (unpaired) electrons. The third-order valence-electron chi connectivity index (χ3n) is 3.27. The molecule has 0 atom stereocenters. The van der Waals surface area contributed by atoms with Crippen LogP contribution in [0.2, 0.25) is 0 Å². The lowest BCUT2D eigenvalue weighted by Gasteiger charge is -2.11. The van der Waals surface area contributed by atoms with Crippen LogP contribution < -0.4 is 5.73 Å². The fourth-order valence-electron chi connectivity index (χ4n) is 2.09. The molecule has 92 valence electrons. The smallest absolute Gasteiger partial charge is 0.150 e. The summed E-state index contributed by atoms with van der Waals surface area (Å²) in [6.07, 6.45) is 0. The van der Waals surface area contributed by atoms with E-state index in [9.17, 15) is 4.39 Å². The van der Waals surface area contributed by atoms with E-state index >= 15 is 0 Å². The molecule has 18 heavy (non-hydrogen) atoms. The van der Waals surface area contributed by atoms with Crippen LogP contribution in [0.15, 0.2) is 18.2 Å². The lowest BCUT2D eigenvalue weighted by molar-refractivity contribution is 0.608. The normalized spacial score (nSPS) is 10.4. The molecule has 0 saturated carbocycles. The SMILES string of the molecule is Cc1cccc(-n2c(C)c(C)c(C#N)c2N)c1F. The topological polar surface area (TPSA) is 54.7 Å². The van der Waals surface area contributed by atoms with Crippen LogP contribution in [-0.4, -0.2) is 4.57 Å². The average molecular weight is 243 g/mol. The van der Waals surface area contributed by atoms with Crippen molar-refractivity contribution >= 4 is 5.82 Å². The minimum atomic E-state index is -0.313. The summed E-state index contributed by atoms with van der Waals surface area (Å²) in [6.45, 7) is 5.34. The quantitative estimate of drug-likeness (QED) is 0.837. The van der Waals surface area contributed by atoms with Crippen LogP contribution in [0.1, 0.15) is 22.4 Å². The van der Waals surface area contributed by atoms with Gasteiger partial charge in [0.2, 0.25) is 0 Å². The molecule has 4 heteroatoms. The van der Waals surface area contributed by atoms with Crippen molar-refractivity contribution < 1.29 is 4.39 Å². The van der Waals surface area contributed by atoms with Crippen LogP contribution in [0.25, 0.3) is 5.69 Å². The molecular weight excluding hydrogens is 229 g/mol. The first-order chi connectivity index (χ1) is 8.49. The van der Waals surface area contributed by atoms with Gasteiger partial charge in [-0.25, -0.2) is 4.39 Å². The number of nitrogens with zero attached hydrogens (tertiary/aromatic N) is 2. The zero-order valence-corrected chi connectivity index (χ0v) is 10.6. The molecule has 0 spiro atoms. The number of anilines is 1. The molecular formula is C14H14FN3. The number of hydrogen-bond donors (Lipinski definition) is 1. The molecule has 2 rings (SSSR count). The molecule has 0 amide bonds. The number of hydrogen-bond acceptors (Lipinski definition) is 2. The molecule has 2 N–H and O–H groups in total. The van der Waals surface area contributed by atoms with Crippen molar-refractivity contribution in [2.24, 2.45) is 0 Å². The summed E-state index contributed by atoms with van der Waals surface area (Å²) in [5.41, 5.74) is 8.86. The van der Waals surface area contributed by atoms with Crippen molar-refractivity contribution in [1.29, 1.82) is 5.26 Å². The van der Waals surface area contributed by atoms with E-state index in [-0.39, 0.29) is 11.6 Å². The predicted molar refractivity (Wildman–Crippen MR) is 69.1 cm³/mol. The first-order valence-corrected chi connectivity index (χ1v) is 5.62. The van der Waals surface area contributed by atoms with Gasteiger partial charge in [0, 0.05) is 5.69 Å².